The molecule has 0 bridgehead atoms. The molecule has 1 aromatic carbocycles. The second-order valence-electron chi connectivity index (χ2n) is 4.24. The van der Waals surface area contributed by atoms with Crippen molar-refractivity contribution in [2.45, 2.75) is 23.8 Å². The summed E-state index contributed by atoms with van der Waals surface area (Å²) in [7, 11) is -3.70. The fourth-order valence-electron chi connectivity index (χ4n) is 1.93. The minimum absolute atomic E-state index is 0.0869. The molecular formula is C11H14ClFN2O2S. The fraction of sp³-hybridized carbons (Fsp3) is 0.455. The second kappa shape index (κ2) is 5.52. The molecule has 1 saturated heterocycles. The molecule has 1 atom stereocenters. The number of hydrogen-bond donors (Lipinski definition) is 2. The van der Waals surface area contributed by atoms with Crippen LogP contribution in [0.1, 0.15) is 12.8 Å². The van der Waals surface area contributed by atoms with E-state index in [0.29, 0.717) is 6.54 Å². The third-order valence-corrected chi connectivity index (χ3v) is 4.81. The van der Waals surface area contributed by atoms with E-state index in [9.17, 15) is 12.8 Å². The van der Waals surface area contributed by atoms with Crippen LogP contribution in [0.5, 0.6) is 0 Å². The van der Waals surface area contributed by atoms with E-state index < -0.39 is 15.8 Å². The van der Waals surface area contributed by atoms with Crippen molar-refractivity contribution in [1.82, 2.24) is 10.0 Å². The molecule has 1 aliphatic rings. The van der Waals surface area contributed by atoms with Gasteiger partial charge in [-0.2, -0.15) is 0 Å². The summed E-state index contributed by atoms with van der Waals surface area (Å²) < 4.78 is 39.6. The van der Waals surface area contributed by atoms with Gasteiger partial charge in [-0.25, -0.2) is 17.5 Å². The predicted octanol–water partition coefficient (Wildman–Crippen LogP) is 1.51. The Morgan fingerprint density at radius 3 is 2.83 bits per heavy atom. The summed E-state index contributed by atoms with van der Waals surface area (Å²) in [6, 6.07) is 3.11. The highest BCUT2D eigenvalue weighted by Crippen LogP contribution is 2.22. The van der Waals surface area contributed by atoms with Crippen molar-refractivity contribution >= 4 is 21.6 Å². The summed E-state index contributed by atoms with van der Waals surface area (Å²) >= 11 is 5.76. The molecule has 1 aliphatic heterocycles. The third kappa shape index (κ3) is 3.20. The monoisotopic (exact) mass is 292 g/mol. The van der Waals surface area contributed by atoms with E-state index in [0.717, 1.165) is 31.5 Å². The van der Waals surface area contributed by atoms with Crippen LogP contribution >= 0.6 is 11.6 Å². The number of piperidine rings is 1. The van der Waals surface area contributed by atoms with Crippen LogP contribution in [0.2, 0.25) is 5.02 Å². The van der Waals surface area contributed by atoms with Gasteiger partial charge in [0, 0.05) is 12.6 Å². The van der Waals surface area contributed by atoms with Crippen LogP contribution in [0.25, 0.3) is 0 Å². The maximum absolute atomic E-state index is 12.9. The molecule has 0 amide bonds. The Morgan fingerprint density at radius 1 is 1.44 bits per heavy atom. The van der Waals surface area contributed by atoms with Crippen LogP contribution < -0.4 is 10.0 Å². The maximum Gasteiger partial charge on any atom is 0.242 e. The molecule has 2 rings (SSSR count). The molecule has 0 radical (unpaired) electrons. The molecule has 1 heterocycles. The fourth-order valence-corrected chi connectivity index (χ4v) is 3.73. The van der Waals surface area contributed by atoms with Crippen molar-refractivity contribution in [3.8, 4) is 0 Å². The first-order valence-electron chi connectivity index (χ1n) is 5.67. The number of benzene rings is 1. The zero-order chi connectivity index (χ0) is 13.2. The Kier molecular flexibility index (Phi) is 4.21. The molecule has 4 nitrogen and oxygen atoms in total. The highest BCUT2D eigenvalue weighted by molar-refractivity contribution is 7.89. The number of halogens is 2. The van der Waals surface area contributed by atoms with Crippen molar-refractivity contribution in [1.29, 1.82) is 0 Å². The lowest BCUT2D eigenvalue weighted by molar-refractivity contribution is 0.428. The highest BCUT2D eigenvalue weighted by Gasteiger charge is 2.23. The van der Waals surface area contributed by atoms with Gasteiger partial charge in [0.05, 0.1) is 5.02 Å². The van der Waals surface area contributed by atoms with Gasteiger partial charge in [0.1, 0.15) is 10.7 Å². The van der Waals surface area contributed by atoms with Crippen molar-refractivity contribution in [3.63, 3.8) is 0 Å². The SMILES string of the molecule is O=S(=O)(N[C@H]1CCCNC1)c1ccc(F)cc1Cl. The molecule has 0 saturated carbocycles. The molecule has 0 aromatic heterocycles. The van der Waals surface area contributed by atoms with Crippen LogP contribution in [0.3, 0.4) is 0 Å². The molecule has 1 aromatic rings. The molecule has 0 aliphatic carbocycles. The molecule has 18 heavy (non-hydrogen) atoms. The maximum atomic E-state index is 12.9. The van der Waals surface area contributed by atoms with Gasteiger partial charge in [0.2, 0.25) is 10.0 Å². The Bertz CT molecular complexity index is 530. The minimum Gasteiger partial charge on any atom is -0.315 e. The van der Waals surface area contributed by atoms with Crippen LogP contribution in [-0.2, 0) is 10.0 Å². The summed E-state index contributed by atoms with van der Waals surface area (Å²) in [4.78, 5) is -0.0869. The largest absolute Gasteiger partial charge is 0.315 e. The second-order valence-corrected chi connectivity index (χ2v) is 6.33. The smallest absolute Gasteiger partial charge is 0.242 e. The van der Waals surface area contributed by atoms with Crippen LogP contribution in [0.15, 0.2) is 23.1 Å². The molecule has 7 heteroatoms. The van der Waals surface area contributed by atoms with Gasteiger partial charge in [-0.3, -0.25) is 0 Å². The Morgan fingerprint density at radius 2 is 2.22 bits per heavy atom. The van der Waals surface area contributed by atoms with E-state index in [-0.39, 0.29) is 16.0 Å². The lowest BCUT2D eigenvalue weighted by Gasteiger charge is -2.23. The van der Waals surface area contributed by atoms with Crippen LogP contribution in [0.4, 0.5) is 4.39 Å². The molecule has 1 fully saturated rings. The molecule has 0 spiro atoms. The summed E-state index contributed by atoms with van der Waals surface area (Å²) in [5, 5.41) is 3.01. The quantitative estimate of drug-likeness (QED) is 0.888. The summed E-state index contributed by atoms with van der Waals surface area (Å²) in [6.07, 6.45) is 1.70. The van der Waals surface area contributed by atoms with E-state index >= 15 is 0 Å². The van der Waals surface area contributed by atoms with Crippen LogP contribution in [0, 0.1) is 5.82 Å². The number of rotatable bonds is 3. The molecule has 0 unspecified atom stereocenters. The van der Waals surface area contributed by atoms with Crippen molar-refractivity contribution in [3.05, 3.63) is 29.0 Å². The van der Waals surface area contributed by atoms with Crippen molar-refractivity contribution in [2.24, 2.45) is 0 Å². The molecular weight excluding hydrogens is 279 g/mol. The Labute approximate surface area is 111 Å². The van der Waals surface area contributed by atoms with Gasteiger partial charge >= 0.3 is 0 Å². The number of sulfonamides is 1. The van der Waals surface area contributed by atoms with Gasteiger partial charge in [0.25, 0.3) is 0 Å². The van der Waals surface area contributed by atoms with E-state index in [2.05, 4.69) is 10.0 Å². The van der Waals surface area contributed by atoms with Crippen molar-refractivity contribution in [2.75, 3.05) is 13.1 Å². The van der Waals surface area contributed by atoms with E-state index in [1.807, 2.05) is 0 Å². The third-order valence-electron chi connectivity index (χ3n) is 2.80. The van der Waals surface area contributed by atoms with E-state index in [1.165, 1.54) is 6.07 Å². The number of hydrogen-bond acceptors (Lipinski definition) is 3. The van der Waals surface area contributed by atoms with E-state index in [1.54, 1.807) is 0 Å². The van der Waals surface area contributed by atoms with Gasteiger partial charge in [0.15, 0.2) is 0 Å². The summed E-state index contributed by atoms with van der Waals surface area (Å²) in [5.74, 6) is -0.557. The molecule has 2 N–H and O–H groups in total. The summed E-state index contributed by atoms with van der Waals surface area (Å²) in [5.41, 5.74) is 0. The lowest BCUT2D eigenvalue weighted by Crippen LogP contribution is -2.45. The minimum atomic E-state index is -3.70. The standard InChI is InChI=1S/C11H14ClFN2O2S/c12-10-6-8(13)3-4-11(10)18(16,17)15-9-2-1-5-14-7-9/h3-4,6,9,14-15H,1-2,5,7H2/t9-/m0/s1. The van der Waals surface area contributed by atoms with Gasteiger partial charge in [-0.15, -0.1) is 0 Å². The topological polar surface area (TPSA) is 58.2 Å². The molecule has 100 valence electrons. The zero-order valence-corrected chi connectivity index (χ0v) is 11.2. The lowest BCUT2D eigenvalue weighted by atomic mass is 10.1. The van der Waals surface area contributed by atoms with Gasteiger partial charge < -0.3 is 5.32 Å². The highest BCUT2D eigenvalue weighted by atomic mass is 35.5. The first-order valence-corrected chi connectivity index (χ1v) is 7.53. The predicted molar refractivity (Wildman–Crippen MR) is 67.6 cm³/mol. The first kappa shape index (κ1) is 13.7. The average molecular weight is 293 g/mol. The zero-order valence-electron chi connectivity index (χ0n) is 9.62. The van der Waals surface area contributed by atoms with Crippen LogP contribution in [-0.4, -0.2) is 27.5 Å². The first-order chi connectivity index (χ1) is 8.49. The number of nitrogens with one attached hydrogen (secondary N) is 2. The van der Waals surface area contributed by atoms with Gasteiger partial charge in [-0.1, -0.05) is 11.6 Å². The Balaban J connectivity index is 2.19. The van der Waals surface area contributed by atoms with Crippen molar-refractivity contribution < 1.29 is 12.8 Å². The summed E-state index contributed by atoms with van der Waals surface area (Å²) in [6.45, 7) is 1.49. The van der Waals surface area contributed by atoms with Gasteiger partial charge in [-0.05, 0) is 37.6 Å². The normalized spacial score (nSPS) is 20.9. The Hall–Kier alpha value is -0.690. The average Bonchev–Trinajstić information content (AvgIpc) is 2.29. The van der Waals surface area contributed by atoms with E-state index in [4.69, 9.17) is 11.6 Å².